The predicted molar refractivity (Wildman–Crippen MR) is 90.1 cm³/mol. The standard InChI is InChI=1S/C16H10Cl3NO2/c17-9-3-1-8(2-4-9)16-11(7-14(21)22)15-12(19)5-10(18)6-13(15)20-16/h1-6,20H,7H2,(H,21,22). The van der Waals surface area contributed by atoms with Crippen molar-refractivity contribution >= 4 is 51.7 Å². The van der Waals surface area contributed by atoms with E-state index in [0.29, 0.717) is 37.2 Å². The number of rotatable bonds is 3. The Balaban J connectivity index is 2.30. The fourth-order valence-electron chi connectivity index (χ4n) is 2.50. The van der Waals surface area contributed by atoms with E-state index in [1.165, 1.54) is 0 Å². The van der Waals surface area contributed by atoms with Gasteiger partial charge in [0.2, 0.25) is 0 Å². The zero-order valence-electron chi connectivity index (χ0n) is 11.2. The molecule has 3 nitrogen and oxygen atoms in total. The van der Waals surface area contributed by atoms with E-state index < -0.39 is 5.97 Å². The van der Waals surface area contributed by atoms with Crippen molar-refractivity contribution in [3.8, 4) is 11.3 Å². The quantitative estimate of drug-likeness (QED) is 0.659. The van der Waals surface area contributed by atoms with Crippen LogP contribution in [0.5, 0.6) is 0 Å². The molecule has 0 amide bonds. The minimum Gasteiger partial charge on any atom is -0.481 e. The molecule has 0 radical (unpaired) electrons. The second-order valence-electron chi connectivity index (χ2n) is 4.87. The van der Waals surface area contributed by atoms with Crippen LogP contribution in [0.1, 0.15) is 5.56 Å². The number of carboxylic acid groups (broad SMARTS) is 1. The molecule has 0 bridgehead atoms. The zero-order chi connectivity index (χ0) is 15.9. The van der Waals surface area contributed by atoms with Crippen molar-refractivity contribution in [3.05, 3.63) is 57.0 Å². The number of benzene rings is 2. The van der Waals surface area contributed by atoms with Crippen LogP contribution in [0.25, 0.3) is 22.2 Å². The monoisotopic (exact) mass is 353 g/mol. The summed E-state index contributed by atoms with van der Waals surface area (Å²) in [4.78, 5) is 14.4. The van der Waals surface area contributed by atoms with Crippen LogP contribution in [0.4, 0.5) is 0 Å². The summed E-state index contributed by atoms with van der Waals surface area (Å²) in [5.74, 6) is -0.929. The summed E-state index contributed by atoms with van der Waals surface area (Å²) in [6, 6.07) is 10.5. The number of aromatic amines is 1. The maximum atomic E-state index is 11.2. The number of halogens is 3. The molecule has 6 heteroatoms. The van der Waals surface area contributed by atoms with Gasteiger partial charge in [0.05, 0.1) is 17.1 Å². The van der Waals surface area contributed by atoms with Crippen LogP contribution in [0.3, 0.4) is 0 Å². The molecule has 3 aromatic rings. The number of carbonyl (C=O) groups is 1. The molecule has 0 atom stereocenters. The molecular weight excluding hydrogens is 345 g/mol. The SMILES string of the molecule is O=C(O)Cc1c(-c2ccc(Cl)cc2)[nH]c2cc(Cl)cc(Cl)c12. The third-order valence-corrected chi connectivity index (χ3v) is 4.15. The fourth-order valence-corrected chi connectivity index (χ4v) is 3.24. The van der Waals surface area contributed by atoms with Crippen molar-refractivity contribution in [3.63, 3.8) is 0 Å². The Hall–Kier alpha value is -1.68. The summed E-state index contributed by atoms with van der Waals surface area (Å²) < 4.78 is 0. The highest BCUT2D eigenvalue weighted by atomic mass is 35.5. The molecule has 0 aliphatic carbocycles. The zero-order valence-corrected chi connectivity index (χ0v) is 13.4. The lowest BCUT2D eigenvalue weighted by Gasteiger charge is -2.04. The molecule has 0 fully saturated rings. The molecule has 1 heterocycles. The summed E-state index contributed by atoms with van der Waals surface area (Å²) in [5, 5.41) is 11.4. The van der Waals surface area contributed by atoms with Crippen LogP contribution in [0.2, 0.25) is 15.1 Å². The minimum absolute atomic E-state index is 0.140. The van der Waals surface area contributed by atoms with Gasteiger partial charge in [-0.25, -0.2) is 0 Å². The summed E-state index contributed by atoms with van der Waals surface area (Å²) in [6.45, 7) is 0. The molecule has 112 valence electrons. The predicted octanol–water partition coefficient (Wildman–Crippen LogP) is 5.42. The highest BCUT2D eigenvalue weighted by Gasteiger charge is 2.18. The molecule has 1 aromatic heterocycles. The molecule has 22 heavy (non-hydrogen) atoms. The third kappa shape index (κ3) is 2.80. The van der Waals surface area contributed by atoms with Crippen molar-refractivity contribution in [2.24, 2.45) is 0 Å². The van der Waals surface area contributed by atoms with Gasteiger partial charge in [0.15, 0.2) is 0 Å². The van der Waals surface area contributed by atoms with Gasteiger partial charge in [-0.1, -0.05) is 46.9 Å². The highest BCUT2D eigenvalue weighted by Crippen LogP contribution is 2.37. The van der Waals surface area contributed by atoms with Gasteiger partial charge in [-0.2, -0.15) is 0 Å². The van der Waals surface area contributed by atoms with Crippen molar-refractivity contribution in [2.45, 2.75) is 6.42 Å². The Morgan fingerprint density at radius 1 is 1.05 bits per heavy atom. The summed E-state index contributed by atoms with van der Waals surface area (Å²) in [6.07, 6.45) is -0.140. The van der Waals surface area contributed by atoms with Crippen LogP contribution in [-0.2, 0) is 11.2 Å². The number of hydrogen-bond donors (Lipinski definition) is 2. The Morgan fingerprint density at radius 2 is 1.73 bits per heavy atom. The first kappa shape index (κ1) is 15.2. The molecule has 0 saturated heterocycles. The van der Waals surface area contributed by atoms with E-state index in [4.69, 9.17) is 34.8 Å². The van der Waals surface area contributed by atoms with Gasteiger partial charge in [0.25, 0.3) is 0 Å². The first-order valence-corrected chi connectivity index (χ1v) is 7.56. The third-order valence-electron chi connectivity index (χ3n) is 3.38. The Kier molecular flexibility index (Phi) is 4.04. The van der Waals surface area contributed by atoms with Crippen LogP contribution in [0, 0.1) is 0 Å². The number of H-pyrrole nitrogens is 1. The molecule has 0 unspecified atom stereocenters. The summed E-state index contributed by atoms with van der Waals surface area (Å²) >= 11 is 18.2. The Bertz CT molecular complexity index is 869. The van der Waals surface area contributed by atoms with Crippen molar-refractivity contribution in [1.29, 1.82) is 0 Å². The molecule has 2 aromatic carbocycles. The van der Waals surface area contributed by atoms with Gasteiger partial charge in [-0.05, 0) is 35.4 Å². The summed E-state index contributed by atoms with van der Waals surface area (Å²) in [5.41, 5.74) is 2.88. The number of aliphatic carboxylic acids is 1. The molecule has 2 N–H and O–H groups in total. The van der Waals surface area contributed by atoms with Gasteiger partial charge in [0.1, 0.15) is 0 Å². The van der Waals surface area contributed by atoms with Crippen LogP contribution < -0.4 is 0 Å². The van der Waals surface area contributed by atoms with Gasteiger partial charge in [-0.3, -0.25) is 4.79 Å². The van der Waals surface area contributed by atoms with Crippen molar-refractivity contribution in [1.82, 2.24) is 4.98 Å². The Labute approximate surface area is 141 Å². The minimum atomic E-state index is -0.929. The number of hydrogen-bond acceptors (Lipinski definition) is 1. The smallest absolute Gasteiger partial charge is 0.307 e. The lowest BCUT2D eigenvalue weighted by molar-refractivity contribution is -0.136. The lowest BCUT2D eigenvalue weighted by Crippen LogP contribution is -2.01. The fraction of sp³-hybridized carbons (Fsp3) is 0.0625. The maximum Gasteiger partial charge on any atom is 0.307 e. The molecular formula is C16H10Cl3NO2. The van der Waals surface area contributed by atoms with E-state index in [0.717, 1.165) is 5.56 Å². The topological polar surface area (TPSA) is 53.1 Å². The number of fused-ring (bicyclic) bond motifs is 1. The number of carboxylic acids is 1. The first-order chi connectivity index (χ1) is 10.5. The lowest BCUT2D eigenvalue weighted by atomic mass is 10.0. The maximum absolute atomic E-state index is 11.2. The van der Waals surface area contributed by atoms with E-state index in [-0.39, 0.29) is 6.42 Å². The van der Waals surface area contributed by atoms with Crippen molar-refractivity contribution < 1.29 is 9.90 Å². The van der Waals surface area contributed by atoms with E-state index in [2.05, 4.69) is 4.98 Å². The number of nitrogens with one attached hydrogen (secondary N) is 1. The average molecular weight is 355 g/mol. The average Bonchev–Trinajstić information content (AvgIpc) is 2.77. The molecule has 0 aliphatic rings. The largest absolute Gasteiger partial charge is 0.481 e. The van der Waals surface area contributed by atoms with Crippen LogP contribution in [0.15, 0.2) is 36.4 Å². The molecule has 3 rings (SSSR count). The van der Waals surface area contributed by atoms with E-state index >= 15 is 0 Å². The highest BCUT2D eigenvalue weighted by molar-refractivity contribution is 6.39. The Morgan fingerprint density at radius 3 is 2.36 bits per heavy atom. The van der Waals surface area contributed by atoms with Gasteiger partial charge >= 0.3 is 5.97 Å². The second-order valence-corrected chi connectivity index (χ2v) is 6.15. The van der Waals surface area contributed by atoms with E-state index in [9.17, 15) is 9.90 Å². The summed E-state index contributed by atoms with van der Waals surface area (Å²) in [7, 11) is 0. The number of aromatic nitrogens is 1. The normalized spacial score (nSPS) is 11.0. The first-order valence-electron chi connectivity index (χ1n) is 6.43. The van der Waals surface area contributed by atoms with Crippen LogP contribution >= 0.6 is 34.8 Å². The van der Waals surface area contributed by atoms with E-state index in [1.807, 2.05) is 12.1 Å². The van der Waals surface area contributed by atoms with Gasteiger partial charge < -0.3 is 10.1 Å². The second kappa shape index (κ2) is 5.84. The molecule has 0 aliphatic heterocycles. The van der Waals surface area contributed by atoms with Gasteiger partial charge in [-0.15, -0.1) is 0 Å². The molecule has 0 saturated carbocycles. The van der Waals surface area contributed by atoms with Crippen molar-refractivity contribution in [2.75, 3.05) is 0 Å². The molecule has 0 spiro atoms. The van der Waals surface area contributed by atoms with E-state index in [1.54, 1.807) is 24.3 Å². The van der Waals surface area contributed by atoms with Crippen LogP contribution in [-0.4, -0.2) is 16.1 Å². The van der Waals surface area contributed by atoms with Gasteiger partial charge in [0, 0.05) is 20.9 Å².